The molecule has 19 heavy (non-hydrogen) atoms. The second-order valence-electron chi connectivity index (χ2n) is 4.36. The second-order valence-corrected chi connectivity index (χ2v) is 7.25. The number of carbonyl (C=O) groups excluding carboxylic acids is 1. The average molecular weight is 300 g/mol. The molecule has 1 aromatic heterocycles. The molecule has 2 rings (SSSR count). The molecular weight excluding hydrogens is 284 g/mol. The van der Waals surface area contributed by atoms with Crippen molar-refractivity contribution in [3.63, 3.8) is 0 Å². The molecule has 1 amide bonds. The van der Waals surface area contributed by atoms with E-state index in [4.69, 9.17) is 0 Å². The van der Waals surface area contributed by atoms with Crippen molar-refractivity contribution in [3.8, 4) is 0 Å². The molecule has 7 heteroatoms. The molecule has 1 aliphatic heterocycles. The van der Waals surface area contributed by atoms with Gasteiger partial charge in [-0.15, -0.1) is 11.3 Å². The maximum absolute atomic E-state index is 12.0. The van der Waals surface area contributed by atoms with E-state index in [1.807, 2.05) is 0 Å². The molecule has 0 unspecified atom stereocenters. The molecule has 1 fully saturated rings. The molecule has 0 atom stereocenters. The summed E-state index contributed by atoms with van der Waals surface area (Å²) in [5, 5.41) is 1.74. The van der Waals surface area contributed by atoms with Gasteiger partial charge in [0.05, 0.1) is 0 Å². The first-order valence-corrected chi connectivity index (χ1v) is 8.36. The highest BCUT2D eigenvalue weighted by atomic mass is 32.2. The number of hydrogen-bond donors (Lipinski definition) is 1. The van der Waals surface area contributed by atoms with Crippen LogP contribution < -0.4 is 4.72 Å². The van der Waals surface area contributed by atoms with Crippen LogP contribution >= 0.6 is 11.3 Å². The molecule has 0 radical (unpaired) electrons. The lowest BCUT2D eigenvalue weighted by Gasteiger charge is -2.31. The van der Waals surface area contributed by atoms with E-state index in [0.717, 1.165) is 0 Å². The van der Waals surface area contributed by atoms with Crippen LogP contribution in [0.2, 0.25) is 0 Å². The smallest absolute Gasteiger partial charge is 0.250 e. The van der Waals surface area contributed by atoms with Crippen molar-refractivity contribution in [1.29, 1.82) is 0 Å². The lowest BCUT2D eigenvalue weighted by atomic mass is 10.1. The maximum atomic E-state index is 12.0. The lowest BCUT2D eigenvalue weighted by Crippen LogP contribution is -2.45. The summed E-state index contributed by atoms with van der Waals surface area (Å²) in [5.41, 5.74) is 0. The Labute approximate surface area is 117 Å². The number of hydrogen-bond acceptors (Lipinski definition) is 4. The highest BCUT2D eigenvalue weighted by Crippen LogP contribution is 2.18. The zero-order valence-corrected chi connectivity index (χ0v) is 12.0. The van der Waals surface area contributed by atoms with Crippen LogP contribution in [0.15, 0.2) is 34.4 Å². The first kappa shape index (κ1) is 14.2. The van der Waals surface area contributed by atoms with Crippen LogP contribution in [0.3, 0.4) is 0 Å². The second kappa shape index (κ2) is 5.85. The van der Waals surface area contributed by atoms with Gasteiger partial charge in [-0.2, -0.15) is 0 Å². The Morgan fingerprint density at radius 1 is 1.47 bits per heavy atom. The Bertz CT molecular complexity index is 544. The van der Waals surface area contributed by atoms with E-state index in [1.165, 1.54) is 17.4 Å². The van der Waals surface area contributed by atoms with Gasteiger partial charge >= 0.3 is 0 Å². The van der Waals surface area contributed by atoms with Crippen LogP contribution in [0.1, 0.15) is 12.8 Å². The van der Waals surface area contributed by atoms with Crippen LogP contribution in [-0.4, -0.2) is 38.4 Å². The molecule has 0 aromatic carbocycles. The minimum Gasteiger partial charge on any atom is -0.339 e. The van der Waals surface area contributed by atoms with Crippen LogP contribution in [-0.2, 0) is 14.8 Å². The van der Waals surface area contributed by atoms with Crippen molar-refractivity contribution in [1.82, 2.24) is 9.62 Å². The molecule has 104 valence electrons. The first-order chi connectivity index (χ1) is 9.03. The normalized spacial score (nSPS) is 17.4. The topological polar surface area (TPSA) is 66.5 Å². The van der Waals surface area contributed by atoms with Crippen molar-refractivity contribution in [2.45, 2.75) is 23.1 Å². The van der Waals surface area contributed by atoms with Gasteiger partial charge in [0.15, 0.2) is 0 Å². The number of piperidine rings is 1. The van der Waals surface area contributed by atoms with Gasteiger partial charge in [0, 0.05) is 19.1 Å². The van der Waals surface area contributed by atoms with E-state index in [1.54, 1.807) is 22.4 Å². The quantitative estimate of drug-likeness (QED) is 0.850. The van der Waals surface area contributed by atoms with E-state index in [2.05, 4.69) is 11.3 Å². The van der Waals surface area contributed by atoms with Crippen LogP contribution in [0.4, 0.5) is 0 Å². The minimum atomic E-state index is -3.41. The Balaban J connectivity index is 1.93. The van der Waals surface area contributed by atoms with E-state index in [0.29, 0.717) is 30.1 Å². The molecule has 1 aliphatic rings. The van der Waals surface area contributed by atoms with E-state index in [-0.39, 0.29) is 11.9 Å². The molecular formula is C12H16N2O3S2. The van der Waals surface area contributed by atoms with Crippen LogP contribution in [0.5, 0.6) is 0 Å². The largest absolute Gasteiger partial charge is 0.339 e. The fourth-order valence-corrected chi connectivity index (χ4v) is 4.36. The van der Waals surface area contributed by atoms with E-state index >= 15 is 0 Å². The summed E-state index contributed by atoms with van der Waals surface area (Å²) in [6, 6.07) is 3.19. The Morgan fingerprint density at radius 2 is 2.16 bits per heavy atom. The average Bonchev–Trinajstić information content (AvgIpc) is 2.93. The third-order valence-electron chi connectivity index (χ3n) is 3.06. The molecule has 0 aliphatic carbocycles. The highest BCUT2D eigenvalue weighted by molar-refractivity contribution is 7.91. The molecule has 2 heterocycles. The Hall–Kier alpha value is -1.18. The van der Waals surface area contributed by atoms with E-state index < -0.39 is 10.0 Å². The van der Waals surface area contributed by atoms with Crippen molar-refractivity contribution in [2.75, 3.05) is 13.1 Å². The van der Waals surface area contributed by atoms with Crippen molar-refractivity contribution >= 4 is 27.3 Å². The predicted molar refractivity (Wildman–Crippen MR) is 74.4 cm³/mol. The third kappa shape index (κ3) is 3.43. The number of nitrogens with one attached hydrogen (secondary N) is 1. The predicted octanol–water partition coefficient (Wildman–Crippen LogP) is 1.20. The van der Waals surface area contributed by atoms with Gasteiger partial charge in [0.2, 0.25) is 15.9 Å². The van der Waals surface area contributed by atoms with Gasteiger partial charge in [-0.25, -0.2) is 13.1 Å². The third-order valence-corrected chi connectivity index (χ3v) is 5.98. The summed E-state index contributed by atoms with van der Waals surface area (Å²) in [6.07, 6.45) is 2.55. The summed E-state index contributed by atoms with van der Waals surface area (Å²) >= 11 is 1.20. The molecule has 1 N–H and O–H groups in total. The SMILES string of the molecule is C=CC(=O)N1CCC(NS(=O)(=O)c2cccs2)CC1. The van der Waals surface area contributed by atoms with Gasteiger partial charge in [-0.3, -0.25) is 4.79 Å². The van der Waals surface area contributed by atoms with Gasteiger partial charge < -0.3 is 4.90 Å². The van der Waals surface area contributed by atoms with Crippen LogP contribution in [0.25, 0.3) is 0 Å². The molecule has 0 spiro atoms. The molecule has 0 saturated carbocycles. The summed E-state index contributed by atoms with van der Waals surface area (Å²) in [4.78, 5) is 13.1. The number of rotatable bonds is 4. The van der Waals surface area contributed by atoms with Crippen molar-refractivity contribution in [3.05, 3.63) is 30.2 Å². The number of carbonyl (C=O) groups is 1. The fourth-order valence-electron chi connectivity index (χ4n) is 2.04. The zero-order valence-electron chi connectivity index (χ0n) is 10.4. The number of likely N-dealkylation sites (tertiary alicyclic amines) is 1. The maximum Gasteiger partial charge on any atom is 0.250 e. The summed E-state index contributed by atoms with van der Waals surface area (Å²) in [6.45, 7) is 4.56. The van der Waals surface area contributed by atoms with Gasteiger partial charge in [0.25, 0.3) is 0 Å². The zero-order chi connectivity index (χ0) is 13.9. The molecule has 1 saturated heterocycles. The number of sulfonamides is 1. The standard InChI is InChI=1S/C12H16N2O3S2/c1-2-11(15)14-7-5-10(6-8-14)13-19(16,17)12-4-3-9-18-12/h2-4,9-10,13H,1,5-8H2. The summed E-state index contributed by atoms with van der Waals surface area (Å²) in [5.74, 6) is -0.0976. The fraction of sp³-hybridized carbons (Fsp3) is 0.417. The van der Waals surface area contributed by atoms with Crippen molar-refractivity contribution in [2.24, 2.45) is 0 Å². The molecule has 0 bridgehead atoms. The van der Waals surface area contributed by atoms with Gasteiger partial charge in [-0.05, 0) is 30.4 Å². The molecule has 1 aromatic rings. The Kier molecular flexibility index (Phi) is 4.38. The number of thiophene rings is 1. The van der Waals surface area contributed by atoms with E-state index in [9.17, 15) is 13.2 Å². The van der Waals surface area contributed by atoms with Gasteiger partial charge in [0.1, 0.15) is 4.21 Å². The monoisotopic (exact) mass is 300 g/mol. The van der Waals surface area contributed by atoms with Crippen LogP contribution in [0, 0.1) is 0 Å². The highest BCUT2D eigenvalue weighted by Gasteiger charge is 2.26. The van der Waals surface area contributed by atoms with Crippen molar-refractivity contribution < 1.29 is 13.2 Å². The first-order valence-electron chi connectivity index (χ1n) is 6.00. The Morgan fingerprint density at radius 3 is 2.68 bits per heavy atom. The summed E-state index contributed by atoms with van der Waals surface area (Å²) in [7, 11) is -3.41. The number of amides is 1. The van der Waals surface area contributed by atoms with Gasteiger partial charge in [-0.1, -0.05) is 12.6 Å². The lowest BCUT2D eigenvalue weighted by molar-refractivity contribution is -0.127. The summed E-state index contributed by atoms with van der Waals surface area (Å²) < 4.78 is 27.1. The minimum absolute atomic E-state index is 0.0976. The number of nitrogens with zero attached hydrogens (tertiary/aromatic N) is 1. The molecule has 5 nitrogen and oxygen atoms in total.